The number of carbonyl (C=O) groups is 2. The van der Waals surface area contributed by atoms with Crippen LogP contribution in [0.3, 0.4) is 0 Å². The summed E-state index contributed by atoms with van der Waals surface area (Å²) in [6.07, 6.45) is -5.12. The van der Waals surface area contributed by atoms with Crippen LogP contribution in [-0.2, 0) is 11.0 Å². The summed E-state index contributed by atoms with van der Waals surface area (Å²) in [6.45, 7) is 0. The molecule has 0 radical (unpaired) electrons. The number of aliphatic carboxylic acids is 1. The Morgan fingerprint density at radius 2 is 1.58 bits per heavy atom. The van der Waals surface area contributed by atoms with E-state index in [4.69, 9.17) is 5.11 Å². The zero-order valence-corrected chi connectivity index (χ0v) is 12.4. The van der Waals surface area contributed by atoms with Gasteiger partial charge in [-0.05, 0) is 17.7 Å². The zero-order chi connectivity index (χ0) is 17.7. The van der Waals surface area contributed by atoms with E-state index in [1.165, 1.54) is 12.1 Å². The van der Waals surface area contributed by atoms with Crippen molar-refractivity contribution in [1.29, 1.82) is 0 Å². The largest absolute Gasteiger partial charge is 0.481 e. The minimum absolute atomic E-state index is 0.441. The van der Waals surface area contributed by atoms with E-state index in [0.29, 0.717) is 5.56 Å². The fourth-order valence-corrected chi connectivity index (χ4v) is 2.28. The van der Waals surface area contributed by atoms with E-state index in [-0.39, 0.29) is 0 Å². The first-order valence-corrected chi connectivity index (χ1v) is 7.03. The summed E-state index contributed by atoms with van der Waals surface area (Å²) in [5.41, 5.74) is -1.11. The van der Waals surface area contributed by atoms with Gasteiger partial charge in [-0.2, -0.15) is 13.2 Å². The van der Waals surface area contributed by atoms with Gasteiger partial charge in [-0.1, -0.05) is 42.5 Å². The highest BCUT2D eigenvalue weighted by Crippen LogP contribution is 2.32. The topological polar surface area (TPSA) is 66.4 Å². The van der Waals surface area contributed by atoms with Crippen molar-refractivity contribution in [1.82, 2.24) is 5.32 Å². The van der Waals surface area contributed by atoms with Gasteiger partial charge in [0, 0.05) is 0 Å². The van der Waals surface area contributed by atoms with Crippen molar-refractivity contribution in [2.24, 2.45) is 0 Å². The first kappa shape index (κ1) is 17.5. The molecule has 4 nitrogen and oxygen atoms in total. The Morgan fingerprint density at radius 3 is 2.17 bits per heavy atom. The zero-order valence-electron chi connectivity index (χ0n) is 12.4. The molecule has 0 aliphatic rings. The fourth-order valence-electron chi connectivity index (χ4n) is 2.28. The molecule has 0 spiro atoms. The van der Waals surface area contributed by atoms with Gasteiger partial charge in [0.2, 0.25) is 0 Å². The van der Waals surface area contributed by atoms with Crippen LogP contribution in [0.4, 0.5) is 13.2 Å². The first-order chi connectivity index (χ1) is 11.3. The minimum atomic E-state index is -4.68. The van der Waals surface area contributed by atoms with Crippen molar-refractivity contribution in [2.75, 3.05) is 0 Å². The van der Waals surface area contributed by atoms with Crippen molar-refractivity contribution in [3.63, 3.8) is 0 Å². The van der Waals surface area contributed by atoms with E-state index in [2.05, 4.69) is 5.32 Å². The highest BCUT2D eigenvalue weighted by atomic mass is 19.4. The fraction of sp³-hybridized carbons (Fsp3) is 0.176. The van der Waals surface area contributed by atoms with Crippen molar-refractivity contribution in [3.05, 3.63) is 71.3 Å². The molecule has 0 bridgehead atoms. The third kappa shape index (κ3) is 4.34. The van der Waals surface area contributed by atoms with Crippen molar-refractivity contribution < 1.29 is 27.9 Å². The number of rotatable bonds is 5. The van der Waals surface area contributed by atoms with Crippen LogP contribution in [0.2, 0.25) is 0 Å². The average Bonchev–Trinajstić information content (AvgIpc) is 2.54. The lowest BCUT2D eigenvalue weighted by molar-refractivity contribution is -0.139. The van der Waals surface area contributed by atoms with Gasteiger partial charge in [0.15, 0.2) is 0 Å². The van der Waals surface area contributed by atoms with E-state index in [9.17, 15) is 22.8 Å². The first-order valence-electron chi connectivity index (χ1n) is 7.03. The number of carboxylic acid groups (broad SMARTS) is 1. The summed E-state index contributed by atoms with van der Waals surface area (Å²) >= 11 is 0. The third-order valence-electron chi connectivity index (χ3n) is 3.36. The molecule has 2 N–H and O–H groups in total. The number of carbonyl (C=O) groups excluding carboxylic acids is 1. The highest BCUT2D eigenvalue weighted by molar-refractivity contribution is 5.96. The van der Waals surface area contributed by atoms with Gasteiger partial charge in [0.25, 0.3) is 5.91 Å². The Hall–Kier alpha value is -2.83. The molecule has 1 amide bonds. The van der Waals surface area contributed by atoms with Crippen LogP contribution in [0.15, 0.2) is 54.6 Å². The Balaban J connectivity index is 2.31. The van der Waals surface area contributed by atoms with Gasteiger partial charge >= 0.3 is 12.1 Å². The number of hydrogen-bond acceptors (Lipinski definition) is 2. The summed E-state index contributed by atoms with van der Waals surface area (Å²) < 4.78 is 39.0. The Bertz CT molecular complexity index is 729. The normalized spacial score (nSPS) is 12.5. The van der Waals surface area contributed by atoms with Crippen LogP contribution < -0.4 is 5.32 Å². The molecule has 0 saturated carbocycles. The molecule has 2 aromatic carbocycles. The highest BCUT2D eigenvalue weighted by Gasteiger charge is 2.35. The molecule has 7 heteroatoms. The SMILES string of the molecule is O=C(O)CC(NC(=O)c1ccccc1C(F)(F)F)c1ccccc1. The maximum Gasteiger partial charge on any atom is 0.417 e. The summed E-state index contributed by atoms with van der Waals surface area (Å²) in [5.74, 6) is -2.15. The second-order valence-corrected chi connectivity index (χ2v) is 5.08. The van der Waals surface area contributed by atoms with Gasteiger partial charge in [-0.25, -0.2) is 0 Å². The van der Waals surface area contributed by atoms with E-state index in [1.807, 2.05) is 0 Å². The van der Waals surface area contributed by atoms with Gasteiger partial charge in [-0.3, -0.25) is 9.59 Å². The van der Waals surface area contributed by atoms with Crippen molar-refractivity contribution >= 4 is 11.9 Å². The lowest BCUT2D eigenvalue weighted by atomic mass is 10.0. The van der Waals surface area contributed by atoms with Gasteiger partial charge in [0.05, 0.1) is 23.6 Å². The van der Waals surface area contributed by atoms with E-state index < -0.39 is 41.6 Å². The van der Waals surface area contributed by atoms with E-state index >= 15 is 0 Å². The van der Waals surface area contributed by atoms with Crippen LogP contribution in [0.25, 0.3) is 0 Å². The molecule has 24 heavy (non-hydrogen) atoms. The Morgan fingerprint density at radius 1 is 1.00 bits per heavy atom. The number of alkyl halides is 3. The van der Waals surface area contributed by atoms with Crippen LogP contribution in [0.1, 0.15) is 33.9 Å². The van der Waals surface area contributed by atoms with E-state index in [0.717, 1.165) is 12.1 Å². The Kier molecular flexibility index (Phi) is 5.23. The van der Waals surface area contributed by atoms with E-state index in [1.54, 1.807) is 30.3 Å². The lowest BCUT2D eigenvalue weighted by Gasteiger charge is -2.19. The molecule has 126 valence electrons. The quantitative estimate of drug-likeness (QED) is 0.875. The molecular weight excluding hydrogens is 323 g/mol. The summed E-state index contributed by atoms with van der Waals surface area (Å²) in [4.78, 5) is 23.3. The van der Waals surface area contributed by atoms with Crippen molar-refractivity contribution in [3.8, 4) is 0 Å². The predicted molar refractivity (Wildman–Crippen MR) is 80.3 cm³/mol. The maximum absolute atomic E-state index is 13.0. The van der Waals surface area contributed by atoms with Gasteiger partial charge in [-0.15, -0.1) is 0 Å². The van der Waals surface area contributed by atoms with Gasteiger partial charge < -0.3 is 10.4 Å². The molecule has 2 rings (SSSR count). The number of carboxylic acids is 1. The Labute approximate surface area is 135 Å². The third-order valence-corrected chi connectivity index (χ3v) is 3.36. The number of amides is 1. The summed E-state index contributed by atoms with van der Waals surface area (Å²) in [6, 6.07) is 11.7. The monoisotopic (exact) mass is 337 g/mol. The standard InChI is InChI=1S/C17H14F3NO3/c18-17(19,20)13-9-5-4-8-12(13)16(24)21-14(10-15(22)23)11-6-2-1-3-7-11/h1-9,14H,10H2,(H,21,24)(H,22,23). The second kappa shape index (κ2) is 7.16. The molecule has 1 unspecified atom stereocenters. The van der Waals surface area contributed by atoms with Crippen LogP contribution in [0, 0.1) is 0 Å². The smallest absolute Gasteiger partial charge is 0.417 e. The molecule has 0 heterocycles. The number of hydrogen-bond donors (Lipinski definition) is 2. The van der Waals surface area contributed by atoms with Crippen LogP contribution >= 0.6 is 0 Å². The van der Waals surface area contributed by atoms with Crippen LogP contribution in [-0.4, -0.2) is 17.0 Å². The molecule has 2 aromatic rings. The summed E-state index contributed by atoms with van der Waals surface area (Å²) in [5, 5.41) is 11.4. The molecule has 0 aliphatic carbocycles. The lowest BCUT2D eigenvalue weighted by Crippen LogP contribution is -2.31. The predicted octanol–water partition coefficient (Wildman–Crippen LogP) is 3.65. The molecule has 0 aliphatic heterocycles. The number of nitrogens with one attached hydrogen (secondary N) is 1. The number of benzene rings is 2. The average molecular weight is 337 g/mol. The minimum Gasteiger partial charge on any atom is -0.481 e. The van der Waals surface area contributed by atoms with Crippen LogP contribution in [0.5, 0.6) is 0 Å². The summed E-state index contributed by atoms with van der Waals surface area (Å²) in [7, 11) is 0. The molecular formula is C17H14F3NO3. The maximum atomic E-state index is 13.0. The van der Waals surface area contributed by atoms with Gasteiger partial charge in [0.1, 0.15) is 0 Å². The molecule has 1 atom stereocenters. The number of halogens is 3. The van der Waals surface area contributed by atoms with Crippen molar-refractivity contribution in [2.45, 2.75) is 18.6 Å². The molecule has 0 saturated heterocycles. The second-order valence-electron chi connectivity index (χ2n) is 5.08. The molecule has 0 fully saturated rings. The molecule has 0 aromatic heterocycles.